The molecule has 0 radical (unpaired) electrons. The van der Waals surface area contributed by atoms with Crippen molar-refractivity contribution in [3.05, 3.63) is 57.2 Å². The van der Waals surface area contributed by atoms with Crippen LogP contribution in [0.15, 0.2) is 30.5 Å². The van der Waals surface area contributed by atoms with E-state index in [0.29, 0.717) is 15.9 Å². The van der Waals surface area contributed by atoms with Gasteiger partial charge in [-0.05, 0) is 48.6 Å². The summed E-state index contributed by atoms with van der Waals surface area (Å²) in [6.45, 7) is 2.15. The van der Waals surface area contributed by atoms with Gasteiger partial charge in [0.1, 0.15) is 5.82 Å². The lowest BCUT2D eigenvalue weighted by Crippen LogP contribution is -2.38. The van der Waals surface area contributed by atoms with Crippen molar-refractivity contribution in [3.8, 4) is 0 Å². The number of anilines is 1. The molecule has 3 N–H and O–H groups in total. The number of hydrogen-bond donors (Lipinski definition) is 3. The molecule has 2 aromatic rings. The van der Waals surface area contributed by atoms with E-state index in [1.165, 1.54) is 0 Å². The normalized spacial score (nSPS) is 15.1. The third-order valence-corrected chi connectivity index (χ3v) is 5.26. The van der Waals surface area contributed by atoms with E-state index in [2.05, 4.69) is 20.9 Å². The number of nitrogens with zero attached hydrogens (tertiary/aromatic N) is 1. The van der Waals surface area contributed by atoms with Crippen LogP contribution in [0.1, 0.15) is 35.6 Å². The SMILES string of the molecule is Cc1ccc(NC(=O)CCNC(=O)NC2CCc3c2ccc(Cl)c3Cl)nc1. The number of halogens is 2. The fourth-order valence-electron chi connectivity index (χ4n) is 3.03. The average molecular weight is 407 g/mol. The fraction of sp³-hybridized carbons (Fsp3) is 0.316. The maximum absolute atomic E-state index is 12.1. The van der Waals surface area contributed by atoms with Crippen molar-refractivity contribution in [3.63, 3.8) is 0 Å². The van der Waals surface area contributed by atoms with Crippen LogP contribution in [-0.4, -0.2) is 23.5 Å². The molecule has 0 saturated carbocycles. The standard InChI is InChI=1S/C19H20Cl2N4O2/c1-11-2-7-16(23-10-11)25-17(26)8-9-22-19(27)24-15-6-4-13-12(15)3-5-14(20)18(13)21/h2-3,5,7,10,15H,4,6,8-9H2,1H3,(H2,22,24,27)(H,23,25,26). The van der Waals surface area contributed by atoms with E-state index >= 15 is 0 Å². The molecule has 1 aromatic heterocycles. The average Bonchev–Trinajstić information content (AvgIpc) is 3.03. The van der Waals surface area contributed by atoms with Crippen LogP contribution in [0.4, 0.5) is 10.6 Å². The molecule has 6 nitrogen and oxygen atoms in total. The number of carbonyl (C=O) groups excluding carboxylic acids is 2. The maximum atomic E-state index is 12.1. The Kier molecular flexibility index (Phi) is 6.19. The highest BCUT2D eigenvalue weighted by Crippen LogP contribution is 2.38. The predicted octanol–water partition coefficient (Wildman–Crippen LogP) is 4.01. The van der Waals surface area contributed by atoms with Crippen LogP contribution in [0.3, 0.4) is 0 Å². The molecule has 0 fully saturated rings. The number of amides is 3. The second-order valence-corrected chi connectivity index (χ2v) is 7.22. The lowest BCUT2D eigenvalue weighted by Gasteiger charge is -2.15. The van der Waals surface area contributed by atoms with Crippen LogP contribution in [0, 0.1) is 6.92 Å². The van der Waals surface area contributed by atoms with Crippen molar-refractivity contribution in [1.82, 2.24) is 15.6 Å². The molecule has 0 aliphatic heterocycles. The molecule has 1 aliphatic carbocycles. The zero-order chi connectivity index (χ0) is 19.4. The number of nitrogens with one attached hydrogen (secondary N) is 3. The number of aryl methyl sites for hydroxylation is 1. The van der Waals surface area contributed by atoms with Gasteiger partial charge in [-0.3, -0.25) is 4.79 Å². The van der Waals surface area contributed by atoms with Gasteiger partial charge >= 0.3 is 6.03 Å². The fourth-order valence-corrected chi connectivity index (χ4v) is 3.47. The summed E-state index contributed by atoms with van der Waals surface area (Å²) < 4.78 is 0. The van der Waals surface area contributed by atoms with Gasteiger partial charge in [0, 0.05) is 19.2 Å². The summed E-state index contributed by atoms with van der Waals surface area (Å²) in [5.74, 6) is 0.285. The molecule has 142 valence electrons. The molecular weight excluding hydrogens is 387 g/mol. The molecule has 3 rings (SSSR count). The zero-order valence-corrected chi connectivity index (χ0v) is 16.3. The lowest BCUT2D eigenvalue weighted by molar-refractivity contribution is -0.116. The Balaban J connectivity index is 1.44. The van der Waals surface area contributed by atoms with E-state index in [4.69, 9.17) is 23.2 Å². The van der Waals surface area contributed by atoms with Crippen molar-refractivity contribution < 1.29 is 9.59 Å². The van der Waals surface area contributed by atoms with Gasteiger partial charge in [0.15, 0.2) is 0 Å². The summed E-state index contributed by atoms with van der Waals surface area (Å²) in [6, 6.07) is 6.81. The van der Waals surface area contributed by atoms with Gasteiger partial charge in [-0.25, -0.2) is 9.78 Å². The molecule has 1 unspecified atom stereocenters. The summed E-state index contributed by atoms with van der Waals surface area (Å²) in [5, 5.41) is 9.39. The van der Waals surface area contributed by atoms with Crippen LogP contribution in [0.2, 0.25) is 10.0 Å². The third kappa shape index (κ3) is 4.90. The van der Waals surface area contributed by atoms with Gasteiger partial charge in [0.05, 0.1) is 16.1 Å². The number of fused-ring (bicyclic) bond motifs is 1. The number of pyridine rings is 1. The number of carbonyl (C=O) groups is 2. The first-order valence-electron chi connectivity index (χ1n) is 8.67. The monoisotopic (exact) mass is 406 g/mol. The molecule has 1 aromatic carbocycles. The van der Waals surface area contributed by atoms with E-state index in [9.17, 15) is 9.59 Å². The number of hydrogen-bond acceptors (Lipinski definition) is 3. The first kappa shape index (κ1) is 19.5. The van der Waals surface area contributed by atoms with E-state index < -0.39 is 0 Å². The highest BCUT2D eigenvalue weighted by molar-refractivity contribution is 6.42. The smallest absolute Gasteiger partial charge is 0.315 e. The minimum atomic E-state index is -0.319. The highest BCUT2D eigenvalue weighted by Gasteiger charge is 2.26. The Labute approximate surface area is 167 Å². The van der Waals surface area contributed by atoms with Crippen LogP contribution in [0.5, 0.6) is 0 Å². The van der Waals surface area contributed by atoms with E-state index in [-0.39, 0.29) is 30.9 Å². The number of urea groups is 1. The summed E-state index contributed by atoms with van der Waals surface area (Å²) in [5.41, 5.74) is 2.99. The Hall–Kier alpha value is -2.31. The molecule has 0 bridgehead atoms. The van der Waals surface area contributed by atoms with Crippen molar-refractivity contribution in [2.75, 3.05) is 11.9 Å². The molecule has 1 aliphatic rings. The summed E-state index contributed by atoms with van der Waals surface area (Å²) in [7, 11) is 0. The maximum Gasteiger partial charge on any atom is 0.315 e. The Morgan fingerprint density at radius 2 is 2.04 bits per heavy atom. The largest absolute Gasteiger partial charge is 0.338 e. The molecule has 0 spiro atoms. The van der Waals surface area contributed by atoms with Gasteiger partial charge in [-0.2, -0.15) is 0 Å². The Morgan fingerprint density at radius 1 is 1.22 bits per heavy atom. The van der Waals surface area contributed by atoms with Gasteiger partial charge in [-0.15, -0.1) is 0 Å². The Bertz CT molecular complexity index is 856. The Morgan fingerprint density at radius 3 is 2.78 bits per heavy atom. The minimum Gasteiger partial charge on any atom is -0.338 e. The number of rotatable bonds is 5. The molecule has 8 heteroatoms. The zero-order valence-electron chi connectivity index (χ0n) is 14.8. The molecule has 1 heterocycles. The minimum absolute atomic E-state index is 0.111. The van der Waals surface area contributed by atoms with Gasteiger partial charge < -0.3 is 16.0 Å². The first-order valence-corrected chi connectivity index (χ1v) is 9.43. The molecule has 0 saturated heterocycles. The molecule has 3 amide bonds. The van der Waals surface area contributed by atoms with Crippen molar-refractivity contribution in [1.29, 1.82) is 0 Å². The first-order chi connectivity index (χ1) is 12.9. The lowest BCUT2D eigenvalue weighted by atomic mass is 10.1. The van der Waals surface area contributed by atoms with Gasteiger partial charge in [0.2, 0.25) is 5.91 Å². The van der Waals surface area contributed by atoms with Crippen molar-refractivity contribution in [2.45, 2.75) is 32.2 Å². The van der Waals surface area contributed by atoms with Crippen LogP contribution >= 0.6 is 23.2 Å². The molecule has 27 heavy (non-hydrogen) atoms. The van der Waals surface area contributed by atoms with Crippen molar-refractivity contribution in [2.24, 2.45) is 0 Å². The summed E-state index contributed by atoms with van der Waals surface area (Å²) >= 11 is 12.3. The summed E-state index contributed by atoms with van der Waals surface area (Å²) in [4.78, 5) is 28.1. The third-order valence-electron chi connectivity index (χ3n) is 4.41. The highest BCUT2D eigenvalue weighted by atomic mass is 35.5. The van der Waals surface area contributed by atoms with Gasteiger partial charge in [-0.1, -0.05) is 35.3 Å². The van der Waals surface area contributed by atoms with Crippen molar-refractivity contribution >= 4 is 41.0 Å². The predicted molar refractivity (Wildman–Crippen MR) is 106 cm³/mol. The van der Waals surface area contributed by atoms with E-state index in [1.807, 2.05) is 19.1 Å². The van der Waals surface area contributed by atoms with Crippen LogP contribution in [-0.2, 0) is 11.2 Å². The topological polar surface area (TPSA) is 83.1 Å². The molecule has 1 atom stereocenters. The molecular formula is C19H20Cl2N4O2. The van der Waals surface area contributed by atoms with E-state index in [0.717, 1.165) is 29.5 Å². The number of aromatic nitrogens is 1. The summed E-state index contributed by atoms with van der Waals surface area (Å²) in [6.07, 6.45) is 3.37. The second-order valence-electron chi connectivity index (χ2n) is 6.44. The quantitative estimate of drug-likeness (QED) is 0.700. The van der Waals surface area contributed by atoms with E-state index in [1.54, 1.807) is 18.3 Å². The van der Waals surface area contributed by atoms with Crippen LogP contribution < -0.4 is 16.0 Å². The second kappa shape index (κ2) is 8.59. The van der Waals surface area contributed by atoms with Crippen LogP contribution in [0.25, 0.3) is 0 Å². The van der Waals surface area contributed by atoms with Gasteiger partial charge in [0.25, 0.3) is 0 Å². The number of benzene rings is 1.